The minimum absolute atomic E-state index is 0.688. The van der Waals surface area contributed by atoms with E-state index in [0.717, 1.165) is 66.5 Å². The van der Waals surface area contributed by atoms with Gasteiger partial charge in [0.05, 0.1) is 27.3 Å². The number of fused-ring (bicyclic) bond motifs is 8. The number of benzene rings is 4. The second-order valence-electron chi connectivity index (χ2n) is 10.2. The van der Waals surface area contributed by atoms with Crippen LogP contribution in [0.25, 0.3) is 56.1 Å². The zero-order valence-electron chi connectivity index (χ0n) is 23.6. The van der Waals surface area contributed by atoms with E-state index < -0.39 is 0 Å². The number of hydrogen-bond donors (Lipinski definition) is 1. The van der Waals surface area contributed by atoms with E-state index in [2.05, 4.69) is 102 Å². The Morgan fingerprint density at radius 3 is 2.38 bits per heavy atom. The van der Waals surface area contributed by atoms with E-state index in [1.165, 1.54) is 0 Å². The van der Waals surface area contributed by atoms with E-state index in [1.807, 2.05) is 43.4 Å². The molecular formula is C38H30N2O2. The number of H-pyrrole nitrogens is 1. The predicted octanol–water partition coefficient (Wildman–Crippen LogP) is 11.0. The van der Waals surface area contributed by atoms with Crippen LogP contribution in [0.4, 0.5) is 0 Å². The van der Waals surface area contributed by atoms with Gasteiger partial charge in [-0.3, -0.25) is 0 Å². The van der Waals surface area contributed by atoms with Crippen LogP contribution in [-0.2, 0) is 0 Å². The van der Waals surface area contributed by atoms with Crippen LogP contribution in [0.5, 0.6) is 23.0 Å². The number of rotatable bonds is 6. The van der Waals surface area contributed by atoms with Crippen molar-refractivity contribution >= 4 is 50.4 Å². The van der Waals surface area contributed by atoms with Gasteiger partial charge in [-0.05, 0) is 73.5 Å². The quantitative estimate of drug-likeness (QED) is 0.211. The number of nitrogens with one attached hydrogen (secondary N) is 1. The first-order valence-corrected chi connectivity index (χ1v) is 14.1. The molecule has 1 N–H and O–H groups in total. The lowest BCUT2D eigenvalue weighted by Gasteiger charge is -2.22. The van der Waals surface area contributed by atoms with Gasteiger partial charge < -0.3 is 19.0 Å². The van der Waals surface area contributed by atoms with Crippen LogP contribution >= 0.6 is 0 Å². The number of allylic oxidation sites excluding steroid dienone is 6. The normalized spacial score (nSPS) is 13.0. The van der Waals surface area contributed by atoms with E-state index in [9.17, 15) is 0 Å². The Hall–Kier alpha value is -5.48. The minimum atomic E-state index is 0.688. The van der Waals surface area contributed by atoms with Crippen molar-refractivity contribution in [3.05, 3.63) is 133 Å². The number of para-hydroxylation sites is 1. The molecule has 1 aliphatic rings. The third kappa shape index (κ3) is 3.84. The Kier molecular flexibility index (Phi) is 6.17. The van der Waals surface area contributed by atoms with Gasteiger partial charge in [-0.2, -0.15) is 0 Å². The highest BCUT2D eigenvalue weighted by atomic mass is 16.6. The first kappa shape index (κ1) is 25.5. The number of ether oxygens (including phenoxy) is 2. The first-order valence-electron chi connectivity index (χ1n) is 14.1. The van der Waals surface area contributed by atoms with E-state index >= 15 is 0 Å². The molecule has 4 heteroatoms. The summed E-state index contributed by atoms with van der Waals surface area (Å²) in [6, 6.07) is 25.2. The van der Waals surface area contributed by atoms with Crippen LogP contribution in [0.2, 0.25) is 0 Å². The summed E-state index contributed by atoms with van der Waals surface area (Å²) in [5.41, 5.74) is 8.46. The molecule has 0 spiro atoms. The van der Waals surface area contributed by atoms with Gasteiger partial charge >= 0.3 is 0 Å². The van der Waals surface area contributed by atoms with Crippen molar-refractivity contribution in [1.29, 1.82) is 0 Å². The molecule has 7 rings (SSSR count). The summed E-state index contributed by atoms with van der Waals surface area (Å²) in [6.07, 6.45) is 13.9. The summed E-state index contributed by atoms with van der Waals surface area (Å²) in [7, 11) is 0. The molecule has 2 aromatic heterocycles. The Labute approximate surface area is 244 Å². The third-order valence-electron chi connectivity index (χ3n) is 7.83. The molecule has 4 nitrogen and oxygen atoms in total. The second-order valence-corrected chi connectivity index (χ2v) is 10.2. The van der Waals surface area contributed by atoms with Gasteiger partial charge in [0.2, 0.25) is 0 Å². The lowest BCUT2D eigenvalue weighted by Crippen LogP contribution is -2.01. The van der Waals surface area contributed by atoms with Crippen LogP contribution in [0.1, 0.15) is 30.7 Å². The molecule has 0 fully saturated rings. The zero-order chi connectivity index (χ0) is 28.8. The molecule has 6 aromatic rings. The summed E-state index contributed by atoms with van der Waals surface area (Å²) < 4.78 is 15.7. The van der Waals surface area contributed by atoms with Crippen LogP contribution in [0, 0.1) is 0 Å². The molecule has 0 saturated carbocycles. The molecule has 42 heavy (non-hydrogen) atoms. The second kappa shape index (κ2) is 10.2. The summed E-state index contributed by atoms with van der Waals surface area (Å²) in [5.74, 6) is 2.81. The molecule has 204 valence electrons. The predicted molar refractivity (Wildman–Crippen MR) is 177 cm³/mol. The van der Waals surface area contributed by atoms with E-state index in [1.54, 1.807) is 6.08 Å². The monoisotopic (exact) mass is 546 g/mol. The number of aromatic amines is 1. The fourth-order valence-electron chi connectivity index (χ4n) is 6.01. The lowest BCUT2D eigenvalue weighted by atomic mass is 10.0. The molecule has 0 aliphatic carbocycles. The number of hydrogen-bond acceptors (Lipinski definition) is 2. The SMILES string of the molecule is C=C/C=C\C(=C/C)c1cccc(-n2c3ccccc3c3c4c(ccc32)Oc2c(ccc3[nH]c(C=C)c(/C=C\C)c23)O4)c1. The van der Waals surface area contributed by atoms with Crippen molar-refractivity contribution in [1.82, 2.24) is 9.55 Å². The first-order chi connectivity index (χ1) is 20.7. The van der Waals surface area contributed by atoms with Crippen molar-refractivity contribution < 1.29 is 9.47 Å². The van der Waals surface area contributed by atoms with Crippen molar-refractivity contribution in [3.8, 4) is 28.7 Å². The van der Waals surface area contributed by atoms with Gasteiger partial charge in [0.25, 0.3) is 0 Å². The van der Waals surface area contributed by atoms with E-state index in [-0.39, 0.29) is 0 Å². The summed E-state index contributed by atoms with van der Waals surface area (Å²) in [5, 5.41) is 3.10. The molecule has 0 bridgehead atoms. The summed E-state index contributed by atoms with van der Waals surface area (Å²) >= 11 is 0. The van der Waals surface area contributed by atoms with Gasteiger partial charge in [-0.15, -0.1) is 0 Å². The maximum absolute atomic E-state index is 6.73. The molecule has 1 aliphatic heterocycles. The average Bonchev–Trinajstić information content (AvgIpc) is 3.56. The molecular weight excluding hydrogens is 516 g/mol. The summed E-state index contributed by atoms with van der Waals surface area (Å²) in [4.78, 5) is 3.45. The van der Waals surface area contributed by atoms with Crippen LogP contribution in [0.3, 0.4) is 0 Å². The van der Waals surface area contributed by atoms with Crippen LogP contribution in [0.15, 0.2) is 116 Å². The number of aromatic nitrogens is 2. The van der Waals surface area contributed by atoms with Crippen LogP contribution < -0.4 is 9.47 Å². The standard InChI is InChI=1S/C38H30N2O2/c1-5-9-14-24(7-3)25-15-12-16-26(23-25)40-31-18-11-10-17-28(31)36-32(40)20-22-34-38(36)42-33-21-19-30-35(37(33)41-34)27(13-6-2)29(8-4)39-30/h5-23,39H,1,4H2,2-3H3/b13-6-,14-9-,24-7+. The topological polar surface area (TPSA) is 39.2 Å². The maximum atomic E-state index is 6.73. The molecule has 0 atom stereocenters. The lowest BCUT2D eigenvalue weighted by molar-refractivity contribution is 0.367. The van der Waals surface area contributed by atoms with Crippen molar-refractivity contribution in [3.63, 3.8) is 0 Å². The van der Waals surface area contributed by atoms with E-state index in [4.69, 9.17) is 9.47 Å². The smallest absolute Gasteiger partial charge is 0.180 e. The van der Waals surface area contributed by atoms with Crippen molar-refractivity contribution in [2.45, 2.75) is 13.8 Å². The highest BCUT2D eigenvalue weighted by Gasteiger charge is 2.28. The van der Waals surface area contributed by atoms with Crippen molar-refractivity contribution in [2.75, 3.05) is 0 Å². The molecule has 4 aromatic carbocycles. The third-order valence-corrected chi connectivity index (χ3v) is 7.83. The maximum Gasteiger partial charge on any atom is 0.180 e. The fourth-order valence-corrected chi connectivity index (χ4v) is 6.01. The van der Waals surface area contributed by atoms with Gasteiger partial charge in [-0.1, -0.05) is 79.9 Å². The van der Waals surface area contributed by atoms with Gasteiger partial charge in [0, 0.05) is 22.3 Å². The Balaban J connectivity index is 1.44. The highest BCUT2D eigenvalue weighted by Crippen LogP contribution is 2.54. The van der Waals surface area contributed by atoms with Gasteiger partial charge in [0.15, 0.2) is 23.0 Å². The average molecular weight is 547 g/mol. The molecule has 0 radical (unpaired) electrons. The Bertz CT molecular complexity index is 2150. The van der Waals surface area contributed by atoms with Crippen molar-refractivity contribution in [2.24, 2.45) is 0 Å². The van der Waals surface area contributed by atoms with Crippen LogP contribution in [-0.4, -0.2) is 9.55 Å². The largest absolute Gasteiger partial charge is 0.449 e. The number of nitrogens with zero attached hydrogens (tertiary/aromatic N) is 1. The molecule has 3 heterocycles. The molecule has 0 saturated heterocycles. The Morgan fingerprint density at radius 2 is 1.62 bits per heavy atom. The molecule has 0 amide bonds. The molecule has 0 unspecified atom stereocenters. The van der Waals surface area contributed by atoms with Gasteiger partial charge in [0.1, 0.15) is 0 Å². The fraction of sp³-hybridized carbons (Fsp3) is 0.0526. The Morgan fingerprint density at radius 1 is 0.833 bits per heavy atom. The highest BCUT2D eigenvalue weighted by molar-refractivity contribution is 6.14. The zero-order valence-corrected chi connectivity index (χ0v) is 23.6. The minimum Gasteiger partial charge on any atom is -0.449 e. The van der Waals surface area contributed by atoms with Gasteiger partial charge in [-0.25, -0.2) is 0 Å². The summed E-state index contributed by atoms with van der Waals surface area (Å²) in [6.45, 7) is 11.9. The van der Waals surface area contributed by atoms with E-state index in [0.29, 0.717) is 17.2 Å².